The lowest BCUT2D eigenvalue weighted by Crippen LogP contribution is -2.47. The van der Waals surface area contributed by atoms with Crippen molar-refractivity contribution >= 4 is 61.2 Å². The second-order valence-corrected chi connectivity index (χ2v) is 23.7. The van der Waals surface area contributed by atoms with Crippen molar-refractivity contribution in [3.63, 3.8) is 0 Å². The van der Waals surface area contributed by atoms with E-state index in [1.807, 2.05) is 30.3 Å². The summed E-state index contributed by atoms with van der Waals surface area (Å²) in [7, 11) is -4.55. The number of nitro groups is 1. The number of nitro benzene ring substituents is 1. The maximum Gasteiger partial charge on any atom is 0.293 e. The molecule has 0 spiro atoms. The lowest BCUT2D eigenvalue weighted by Gasteiger charge is -2.39. The van der Waals surface area contributed by atoms with Crippen LogP contribution in [0.3, 0.4) is 0 Å². The van der Waals surface area contributed by atoms with Crippen LogP contribution in [0.4, 0.5) is 17.1 Å². The van der Waals surface area contributed by atoms with Crippen molar-refractivity contribution in [2.45, 2.75) is 69.2 Å². The predicted octanol–water partition coefficient (Wildman–Crippen LogP) is 11.5. The van der Waals surface area contributed by atoms with Crippen LogP contribution in [-0.4, -0.2) is 97.7 Å². The summed E-state index contributed by atoms with van der Waals surface area (Å²) in [5.74, 6) is 0.656. The number of aromatic amines is 1. The van der Waals surface area contributed by atoms with Gasteiger partial charge < -0.3 is 35.5 Å². The first-order chi connectivity index (χ1) is 37.5. The number of nitrogens with one attached hydrogen (secondary N) is 3. The molecule has 4 aliphatic rings. The Kier molecular flexibility index (Phi) is 16.2. The highest BCUT2D eigenvalue weighted by molar-refractivity contribution is 7.90. The third kappa shape index (κ3) is 13.2. The van der Waals surface area contributed by atoms with E-state index in [4.69, 9.17) is 26.8 Å². The van der Waals surface area contributed by atoms with E-state index in [1.165, 1.54) is 40.6 Å². The van der Waals surface area contributed by atoms with Crippen LogP contribution in [0.5, 0.6) is 17.2 Å². The SMILES string of the molecule is CC1(C)CCC(CN2CCN(c3ccc(C(=O)NS(=O)(=O)c4ccc(NCC5CCOCC5)c([N+](=O)[O-])c4)c(Oc4cnc5[nH]ccc5c4)c3)CC2)=C(c2ccc(Cl)cc2)C1.NC1CC1c1ccc(-c2cccc(O)c2)cc1. The molecule has 2 aromatic heterocycles. The average Bonchev–Trinajstić information content (AvgIpc) is 3.99. The molecule has 0 bridgehead atoms. The molecule has 11 rings (SSSR count). The van der Waals surface area contributed by atoms with Gasteiger partial charge in [0, 0.05) is 98.9 Å². The van der Waals surface area contributed by atoms with Gasteiger partial charge in [0.25, 0.3) is 21.6 Å². The summed E-state index contributed by atoms with van der Waals surface area (Å²) in [4.78, 5) is 37.1. The van der Waals surface area contributed by atoms with E-state index in [9.17, 15) is 28.4 Å². The van der Waals surface area contributed by atoms with E-state index in [0.29, 0.717) is 48.9 Å². The van der Waals surface area contributed by atoms with Crippen molar-refractivity contribution in [1.82, 2.24) is 19.6 Å². The lowest BCUT2D eigenvalue weighted by molar-refractivity contribution is -0.384. The number of halogens is 1. The minimum atomic E-state index is -4.55. The van der Waals surface area contributed by atoms with Crippen molar-refractivity contribution in [2.24, 2.45) is 17.1 Å². The van der Waals surface area contributed by atoms with E-state index in [-0.39, 0.29) is 28.3 Å². The first-order valence-corrected chi connectivity index (χ1v) is 28.4. The Hall–Kier alpha value is -7.28. The minimum absolute atomic E-state index is 0.0359. The maximum atomic E-state index is 13.9. The molecule has 1 saturated carbocycles. The van der Waals surface area contributed by atoms with Crippen molar-refractivity contribution in [3.8, 4) is 28.4 Å². The number of carbonyl (C=O) groups is 1. The highest BCUT2D eigenvalue weighted by atomic mass is 35.5. The van der Waals surface area contributed by atoms with Crippen molar-refractivity contribution < 1.29 is 32.7 Å². The van der Waals surface area contributed by atoms with Crippen molar-refractivity contribution in [3.05, 3.63) is 171 Å². The fourth-order valence-electron chi connectivity index (χ4n) is 10.6. The highest BCUT2D eigenvalue weighted by Gasteiger charge is 2.35. The van der Waals surface area contributed by atoms with Gasteiger partial charge in [0.1, 0.15) is 28.6 Å². The Morgan fingerprint density at radius 1 is 0.936 bits per heavy atom. The number of fused-ring (bicyclic) bond motifs is 1. The van der Waals surface area contributed by atoms with Crippen LogP contribution in [-0.2, 0) is 14.8 Å². The third-order valence-corrected chi connectivity index (χ3v) is 16.9. The number of rotatable bonds is 15. The lowest BCUT2D eigenvalue weighted by atomic mass is 9.72. The molecule has 2 unspecified atom stereocenters. The average molecular weight is 1090 g/mol. The number of pyridine rings is 1. The third-order valence-electron chi connectivity index (χ3n) is 15.3. The van der Waals surface area contributed by atoms with Gasteiger partial charge in [-0.2, -0.15) is 0 Å². The number of nitrogens with zero attached hydrogens (tertiary/aromatic N) is 4. The molecule has 4 heterocycles. The Morgan fingerprint density at radius 2 is 1.68 bits per heavy atom. The molecule has 18 heteroatoms. The number of hydrogen-bond acceptors (Lipinski definition) is 13. The van der Waals surface area contributed by atoms with Crippen LogP contribution in [0.25, 0.3) is 27.7 Å². The second kappa shape index (κ2) is 23.4. The van der Waals surface area contributed by atoms with Crippen LogP contribution in [0.2, 0.25) is 5.02 Å². The van der Waals surface area contributed by atoms with E-state index in [1.54, 1.807) is 42.6 Å². The van der Waals surface area contributed by atoms with Gasteiger partial charge >= 0.3 is 0 Å². The number of hydrogen-bond donors (Lipinski definition) is 5. The zero-order chi connectivity index (χ0) is 54.6. The second-order valence-electron chi connectivity index (χ2n) is 21.5. The minimum Gasteiger partial charge on any atom is -0.508 e. The number of H-pyrrole nitrogens is 1. The summed E-state index contributed by atoms with van der Waals surface area (Å²) in [5.41, 5.74) is 14.9. The van der Waals surface area contributed by atoms with Crippen LogP contribution in [0, 0.1) is 21.4 Å². The Balaban J connectivity index is 0.000000341. The number of aromatic hydroxyl groups is 1. The number of aromatic nitrogens is 2. The first kappa shape index (κ1) is 54.1. The zero-order valence-corrected chi connectivity index (χ0v) is 45.4. The molecule has 3 fully saturated rings. The Labute approximate surface area is 459 Å². The van der Waals surface area contributed by atoms with Gasteiger partial charge in [-0.15, -0.1) is 0 Å². The molecule has 2 atom stereocenters. The quantitative estimate of drug-likeness (QED) is 0.0477. The molecule has 5 aromatic carbocycles. The number of sulfonamides is 1. The van der Waals surface area contributed by atoms with E-state index in [0.717, 1.165) is 105 Å². The van der Waals surface area contributed by atoms with Gasteiger partial charge in [-0.3, -0.25) is 19.8 Å². The predicted molar refractivity (Wildman–Crippen MR) is 306 cm³/mol. The number of amides is 1. The number of phenolic OH excluding ortho intramolecular Hbond substituents is 1. The first-order valence-electron chi connectivity index (χ1n) is 26.6. The summed E-state index contributed by atoms with van der Waals surface area (Å²) in [6, 6.07) is 36.5. The molecule has 6 N–H and O–H groups in total. The smallest absolute Gasteiger partial charge is 0.293 e. The number of phenols is 1. The molecule has 2 saturated heterocycles. The largest absolute Gasteiger partial charge is 0.508 e. The number of nitrogens with two attached hydrogens (primary N) is 1. The maximum absolute atomic E-state index is 13.9. The molecule has 0 radical (unpaired) electrons. The van der Waals surface area contributed by atoms with Gasteiger partial charge in [0.2, 0.25) is 0 Å². The van der Waals surface area contributed by atoms with Gasteiger partial charge in [-0.05, 0) is 138 Å². The highest BCUT2D eigenvalue weighted by Crippen LogP contribution is 2.44. The summed E-state index contributed by atoms with van der Waals surface area (Å²) >= 11 is 6.24. The number of anilines is 2. The van der Waals surface area contributed by atoms with Crippen molar-refractivity contribution in [1.29, 1.82) is 0 Å². The molecule has 1 amide bonds. The van der Waals surface area contributed by atoms with Crippen LogP contribution in [0.15, 0.2) is 144 Å². The molecule has 406 valence electrons. The van der Waals surface area contributed by atoms with E-state index in [2.05, 4.69) is 80.1 Å². The zero-order valence-electron chi connectivity index (χ0n) is 43.8. The normalized spacial score (nSPS) is 18.7. The topological polar surface area (TPSA) is 218 Å². The number of allylic oxidation sites excluding steroid dienone is 1. The monoisotopic (exact) mass is 1090 g/mol. The summed E-state index contributed by atoms with van der Waals surface area (Å²) in [6.07, 6.45) is 9.23. The number of ether oxygens (including phenoxy) is 2. The summed E-state index contributed by atoms with van der Waals surface area (Å²) in [5, 5.41) is 26.1. The Bertz CT molecular complexity index is 3450. The Morgan fingerprint density at radius 3 is 2.40 bits per heavy atom. The molecule has 2 aliphatic carbocycles. The fourth-order valence-corrected chi connectivity index (χ4v) is 11.7. The molecule has 7 aromatic rings. The van der Waals surface area contributed by atoms with Crippen LogP contribution >= 0.6 is 11.6 Å². The standard InChI is InChI=1S/C45H50ClN7O7S.C15H15NO/c1-45(2)15-11-33(39(26-45)31-3-5-34(46)6-4-31)29-51-17-19-52(20-18-51)35-7-9-38(42(24-35)60-36-23-32-12-16-47-43(32)49-28-36)44(54)50-61(57,58)37-8-10-40(41(25-37)53(55)56)48-27-30-13-21-59-22-14-30;16-15-9-14(15)11-6-4-10(5-7-11)12-2-1-3-13(17)8-12/h3-10,12,16,23-25,28,30,48H,11,13-15,17-22,26-27,29H2,1-2H3,(H,47,49)(H,50,54);1-8,14-15,17H,9,16H2. The van der Waals surface area contributed by atoms with E-state index < -0.39 is 31.4 Å². The molecule has 16 nitrogen and oxygen atoms in total. The van der Waals surface area contributed by atoms with Gasteiger partial charge in [0.05, 0.1) is 21.6 Å². The van der Waals surface area contributed by atoms with Gasteiger partial charge in [-0.1, -0.05) is 79.6 Å². The van der Waals surface area contributed by atoms with Crippen LogP contribution in [0.1, 0.15) is 79.8 Å². The van der Waals surface area contributed by atoms with E-state index >= 15 is 0 Å². The fraction of sp³-hybridized carbons (Fsp3) is 0.333. The molecule has 2 aliphatic heterocycles. The van der Waals surface area contributed by atoms with Crippen molar-refractivity contribution in [2.75, 3.05) is 62.7 Å². The molecular formula is C60H65ClN8O8S. The number of carbonyl (C=O) groups excluding carboxylic acids is 1. The summed E-state index contributed by atoms with van der Waals surface area (Å²) < 4.78 is 41.2. The number of piperazine rings is 1. The van der Waals surface area contributed by atoms with Gasteiger partial charge in [-0.25, -0.2) is 18.1 Å². The van der Waals surface area contributed by atoms with Crippen LogP contribution < -0.4 is 25.4 Å². The number of benzene rings is 5. The molecular weight excluding hydrogens is 1030 g/mol. The molecule has 78 heavy (non-hydrogen) atoms. The summed E-state index contributed by atoms with van der Waals surface area (Å²) in [6.45, 7) is 10.4. The van der Waals surface area contributed by atoms with Gasteiger partial charge in [0.15, 0.2) is 0 Å².